The maximum absolute atomic E-state index is 11.3. The third-order valence-electron chi connectivity index (χ3n) is 2.96. The number of halogens is 1. The second-order valence-corrected chi connectivity index (χ2v) is 4.80. The van der Waals surface area contributed by atoms with Gasteiger partial charge in [0, 0.05) is 17.6 Å². The van der Waals surface area contributed by atoms with E-state index in [1.807, 2.05) is 24.3 Å². The van der Waals surface area contributed by atoms with Crippen molar-refractivity contribution < 1.29 is 4.79 Å². The first-order valence-corrected chi connectivity index (χ1v) is 6.29. The number of benzene rings is 1. The highest BCUT2D eigenvalue weighted by molar-refractivity contribution is 6.33. The van der Waals surface area contributed by atoms with Crippen LogP contribution in [0.2, 0.25) is 5.02 Å². The fraction of sp³-hybridized carbons (Fsp3) is 0.0714. The fourth-order valence-corrected chi connectivity index (χ4v) is 2.25. The third kappa shape index (κ3) is 2.29. The van der Waals surface area contributed by atoms with E-state index < -0.39 is 0 Å². The molecule has 0 atom stereocenters. The van der Waals surface area contributed by atoms with Gasteiger partial charge in [-0.25, -0.2) is 4.98 Å². The number of hydrogen-bond acceptors (Lipinski definition) is 4. The van der Waals surface area contributed by atoms with Crippen molar-refractivity contribution >= 4 is 34.7 Å². The second kappa shape index (κ2) is 4.83. The van der Waals surface area contributed by atoms with E-state index >= 15 is 0 Å². The molecule has 0 fully saturated rings. The summed E-state index contributed by atoms with van der Waals surface area (Å²) in [5.74, 6) is 0.467. The van der Waals surface area contributed by atoms with Gasteiger partial charge in [0.05, 0.1) is 17.0 Å². The second-order valence-electron chi connectivity index (χ2n) is 4.39. The Morgan fingerprint density at radius 3 is 3.00 bits per heavy atom. The van der Waals surface area contributed by atoms with Gasteiger partial charge in [-0.2, -0.15) is 5.26 Å². The van der Waals surface area contributed by atoms with Crippen molar-refractivity contribution in [1.82, 2.24) is 4.98 Å². The maximum Gasteiger partial charge on any atom is 0.228 e. The lowest BCUT2D eigenvalue weighted by Crippen LogP contribution is -2.03. The highest BCUT2D eigenvalue weighted by atomic mass is 35.5. The van der Waals surface area contributed by atoms with Gasteiger partial charge in [-0.3, -0.25) is 4.79 Å². The quantitative estimate of drug-likeness (QED) is 0.889. The Morgan fingerprint density at radius 2 is 2.25 bits per heavy atom. The number of nitrogens with one attached hydrogen (secondary N) is 2. The summed E-state index contributed by atoms with van der Waals surface area (Å²) in [6.07, 6.45) is 1.83. The molecule has 0 aliphatic carbocycles. The van der Waals surface area contributed by atoms with Gasteiger partial charge in [-0.1, -0.05) is 11.6 Å². The minimum Gasteiger partial charge on any atom is -0.339 e. The summed E-state index contributed by atoms with van der Waals surface area (Å²) < 4.78 is 0. The largest absolute Gasteiger partial charge is 0.339 e. The van der Waals surface area contributed by atoms with Crippen LogP contribution in [0, 0.1) is 11.3 Å². The number of anilines is 3. The topological polar surface area (TPSA) is 77.8 Å². The molecule has 20 heavy (non-hydrogen) atoms. The molecule has 2 N–H and O–H groups in total. The number of carbonyl (C=O) groups excluding carboxylic acids is 1. The Bertz CT molecular complexity index is 751. The Balaban J connectivity index is 1.87. The van der Waals surface area contributed by atoms with E-state index in [2.05, 4.69) is 15.6 Å². The van der Waals surface area contributed by atoms with Crippen LogP contribution in [-0.4, -0.2) is 10.9 Å². The molecule has 2 heterocycles. The molecule has 6 heteroatoms. The summed E-state index contributed by atoms with van der Waals surface area (Å²) in [5.41, 5.74) is 2.97. The van der Waals surface area contributed by atoms with E-state index in [9.17, 15) is 4.79 Å². The Labute approximate surface area is 120 Å². The molecule has 0 saturated heterocycles. The van der Waals surface area contributed by atoms with Crippen LogP contribution < -0.4 is 10.6 Å². The minimum atomic E-state index is -0.00770. The van der Waals surface area contributed by atoms with Crippen LogP contribution in [0.5, 0.6) is 0 Å². The number of nitriles is 1. The van der Waals surface area contributed by atoms with Gasteiger partial charge < -0.3 is 10.6 Å². The van der Waals surface area contributed by atoms with Crippen LogP contribution in [0.25, 0.3) is 0 Å². The lowest BCUT2D eigenvalue weighted by Gasteiger charge is -2.08. The SMILES string of the molecule is N#Cc1cnc(Nc2ccc3c(c2)CC(=O)N3)c(Cl)c1. The first-order chi connectivity index (χ1) is 9.65. The summed E-state index contributed by atoms with van der Waals surface area (Å²) in [5, 5.41) is 15.0. The molecule has 0 spiro atoms. The van der Waals surface area contributed by atoms with Crippen LogP contribution in [0.1, 0.15) is 11.1 Å². The molecule has 0 radical (unpaired) electrons. The Kier molecular flexibility index (Phi) is 3.01. The van der Waals surface area contributed by atoms with E-state index in [0.717, 1.165) is 16.9 Å². The molecule has 1 aromatic heterocycles. The van der Waals surface area contributed by atoms with Gasteiger partial charge in [0.2, 0.25) is 5.91 Å². The van der Waals surface area contributed by atoms with E-state index in [-0.39, 0.29) is 5.91 Å². The number of nitrogens with zero attached hydrogens (tertiary/aromatic N) is 2. The number of amides is 1. The van der Waals surface area contributed by atoms with Crippen LogP contribution in [-0.2, 0) is 11.2 Å². The molecule has 2 aromatic rings. The highest BCUT2D eigenvalue weighted by Gasteiger charge is 2.17. The van der Waals surface area contributed by atoms with E-state index in [0.29, 0.717) is 22.8 Å². The molecule has 0 bridgehead atoms. The number of hydrogen-bond donors (Lipinski definition) is 2. The standard InChI is InChI=1S/C14H9ClN4O/c15-11-3-8(6-16)7-17-14(11)18-10-1-2-12-9(4-10)5-13(20)19-12/h1-4,7H,5H2,(H,17,18)(H,19,20). The molecule has 1 aromatic carbocycles. The molecular weight excluding hydrogens is 276 g/mol. The smallest absolute Gasteiger partial charge is 0.228 e. The first kappa shape index (κ1) is 12.5. The molecule has 1 amide bonds. The van der Waals surface area contributed by atoms with Crippen molar-refractivity contribution in [3.8, 4) is 6.07 Å². The molecule has 1 aliphatic heterocycles. The van der Waals surface area contributed by atoms with Gasteiger partial charge >= 0.3 is 0 Å². The number of rotatable bonds is 2. The predicted molar refractivity (Wildman–Crippen MR) is 76.0 cm³/mol. The third-order valence-corrected chi connectivity index (χ3v) is 3.25. The molecule has 0 saturated carbocycles. The number of fused-ring (bicyclic) bond motifs is 1. The fourth-order valence-electron chi connectivity index (χ4n) is 2.03. The zero-order chi connectivity index (χ0) is 14.1. The Hall–Kier alpha value is -2.58. The van der Waals surface area contributed by atoms with E-state index in [1.165, 1.54) is 6.20 Å². The highest BCUT2D eigenvalue weighted by Crippen LogP contribution is 2.29. The van der Waals surface area contributed by atoms with Gasteiger partial charge in [0.1, 0.15) is 11.9 Å². The summed E-state index contributed by atoms with van der Waals surface area (Å²) in [4.78, 5) is 15.4. The van der Waals surface area contributed by atoms with Gasteiger partial charge in [-0.15, -0.1) is 0 Å². The van der Waals surface area contributed by atoms with Crippen molar-refractivity contribution in [2.75, 3.05) is 10.6 Å². The van der Waals surface area contributed by atoms with Crippen molar-refractivity contribution in [2.24, 2.45) is 0 Å². The summed E-state index contributed by atoms with van der Waals surface area (Å²) in [6.45, 7) is 0. The predicted octanol–water partition coefficient (Wildman–Crippen LogP) is 2.84. The average molecular weight is 285 g/mol. The average Bonchev–Trinajstić information content (AvgIpc) is 2.80. The lowest BCUT2D eigenvalue weighted by molar-refractivity contribution is -0.115. The van der Waals surface area contributed by atoms with Gasteiger partial charge in [0.25, 0.3) is 0 Å². The first-order valence-electron chi connectivity index (χ1n) is 5.91. The zero-order valence-corrected chi connectivity index (χ0v) is 11.0. The number of carbonyl (C=O) groups is 1. The molecular formula is C14H9ClN4O. The number of pyridine rings is 1. The van der Waals surface area contributed by atoms with Crippen LogP contribution in [0.3, 0.4) is 0 Å². The van der Waals surface area contributed by atoms with E-state index in [4.69, 9.17) is 16.9 Å². The van der Waals surface area contributed by atoms with Crippen LogP contribution in [0.15, 0.2) is 30.5 Å². The molecule has 98 valence electrons. The lowest BCUT2D eigenvalue weighted by atomic mass is 10.1. The van der Waals surface area contributed by atoms with Crippen molar-refractivity contribution in [3.05, 3.63) is 46.6 Å². The molecule has 0 unspecified atom stereocenters. The summed E-state index contributed by atoms with van der Waals surface area (Å²) in [7, 11) is 0. The monoisotopic (exact) mass is 284 g/mol. The maximum atomic E-state index is 11.3. The van der Waals surface area contributed by atoms with E-state index in [1.54, 1.807) is 6.07 Å². The minimum absolute atomic E-state index is 0.00770. The van der Waals surface area contributed by atoms with Gasteiger partial charge in [-0.05, 0) is 29.8 Å². The summed E-state index contributed by atoms with van der Waals surface area (Å²) in [6, 6.07) is 9.07. The van der Waals surface area contributed by atoms with Gasteiger partial charge in [0.15, 0.2) is 0 Å². The Morgan fingerprint density at radius 1 is 1.40 bits per heavy atom. The number of aromatic nitrogens is 1. The molecule has 1 aliphatic rings. The zero-order valence-electron chi connectivity index (χ0n) is 10.3. The summed E-state index contributed by atoms with van der Waals surface area (Å²) >= 11 is 6.06. The van der Waals surface area contributed by atoms with Crippen molar-refractivity contribution in [3.63, 3.8) is 0 Å². The molecule has 5 nitrogen and oxygen atoms in total. The van der Waals surface area contributed by atoms with Crippen molar-refractivity contribution in [1.29, 1.82) is 5.26 Å². The van der Waals surface area contributed by atoms with Crippen LogP contribution >= 0.6 is 11.6 Å². The van der Waals surface area contributed by atoms with Crippen LogP contribution in [0.4, 0.5) is 17.2 Å². The van der Waals surface area contributed by atoms with Crippen molar-refractivity contribution in [2.45, 2.75) is 6.42 Å². The normalized spacial score (nSPS) is 12.5. The molecule has 3 rings (SSSR count).